The smallest absolute Gasteiger partial charge is 0.313 e. The molecule has 3 aliphatic heterocycles. The summed E-state index contributed by atoms with van der Waals surface area (Å²) in [6, 6.07) is 12.3. The highest BCUT2D eigenvalue weighted by Crippen LogP contribution is 2.38. The number of likely N-dealkylation sites (tertiary alicyclic amines) is 1. The van der Waals surface area contributed by atoms with Crippen LogP contribution in [0.25, 0.3) is 0 Å². The number of benzene rings is 2. The summed E-state index contributed by atoms with van der Waals surface area (Å²) >= 11 is 1.78. The van der Waals surface area contributed by atoms with Gasteiger partial charge in [-0.2, -0.15) is 0 Å². The summed E-state index contributed by atoms with van der Waals surface area (Å²) in [5.74, 6) is -0.674. The summed E-state index contributed by atoms with van der Waals surface area (Å²) in [7, 11) is 0. The standard InChI is InChI=1S/C27H32N4O3S/c1-35-23-5-3-2-4-21(23)17-30-11-8-18(9-12-30)16-28-26(33)27(34)29-22-14-19-6-7-24(32)31-13-10-20(15-22)25(19)31/h2-5,14-15,18H,6-13,16-17H2,1H3,(H,28,33)(H,29,34). The Hall–Kier alpha value is -2.84. The van der Waals surface area contributed by atoms with Crippen molar-refractivity contribution in [3.63, 3.8) is 0 Å². The van der Waals surface area contributed by atoms with Crippen LogP contribution in [0, 0.1) is 5.92 Å². The van der Waals surface area contributed by atoms with Gasteiger partial charge in [-0.1, -0.05) is 18.2 Å². The molecule has 0 aliphatic carbocycles. The molecule has 8 heteroatoms. The minimum Gasteiger partial charge on any atom is -0.348 e. The van der Waals surface area contributed by atoms with Crippen LogP contribution in [0.3, 0.4) is 0 Å². The van der Waals surface area contributed by atoms with Gasteiger partial charge in [0, 0.05) is 36.6 Å². The van der Waals surface area contributed by atoms with Gasteiger partial charge in [0.1, 0.15) is 0 Å². The van der Waals surface area contributed by atoms with E-state index in [1.807, 2.05) is 17.0 Å². The van der Waals surface area contributed by atoms with Crippen LogP contribution in [0.4, 0.5) is 11.4 Å². The third-order valence-electron chi connectivity index (χ3n) is 7.36. The van der Waals surface area contributed by atoms with E-state index >= 15 is 0 Å². The molecule has 3 heterocycles. The number of hydrogen-bond donors (Lipinski definition) is 2. The molecule has 0 aromatic heterocycles. The molecular formula is C27H32N4O3S. The maximum atomic E-state index is 12.5. The van der Waals surface area contributed by atoms with Gasteiger partial charge in [0.25, 0.3) is 0 Å². The summed E-state index contributed by atoms with van der Waals surface area (Å²) in [4.78, 5) is 42.7. The molecule has 1 saturated heterocycles. The van der Waals surface area contributed by atoms with Crippen molar-refractivity contribution < 1.29 is 14.4 Å². The van der Waals surface area contributed by atoms with Crippen LogP contribution < -0.4 is 15.5 Å². The molecule has 0 atom stereocenters. The van der Waals surface area contributed by atoms with Gasteiger partial charge < -0.3 is 15.5 Å². The second-order valence-corrected chi connectivity index (χ2v) is 10.5. The number of carbonyl (C=O) groups excluding carboxylic acids is 3. The van der Waals surface area contributed by atoms with Gasteiger partial charge in [0.15, 0.2) is 0 Å². The molecule has 0 unspecified atom stereocenters. The first-order valence-electron chi connectivity index (χ1n) is 12.4. The van der Waals surface area contributed by atoms with E-state index in [1.165, 1.54) is 10.5 Å². The van der Waals surface area contributed by atoms with E-state index in [0.29, 0.717) is 37.5 Å². The van der Waals surface area contributed by atoms with Crippen LogP contribution in [0.5, 0.6) is 0 Å². The van der Waals surface area contributed by atoms with E-state index in [1.54, 1.807) is 11.8 Å². The van der Waals surface area contributed by atoms with Crippen molar-refractivity contribution in [2.45, 2.75) is 43.5 Å². The van der Waals surface area contributed by atoms with Gasteiger partial charge in [-0.15, -0.1) is 11.8 Å². The molecule has 3 aliphatic rings. The molecule has 2 aromatic carbocycles. The summed E-state index contributed by atoms with van der Waals surface area (Å²) in [5, 5.41) is 5.60. The minimum absolute atomic E-state index is 0.169. The molecule has 184 valence electrons. The fourth-order valence-electron chi connectivity index (χ4n) is 5.46. The van der Waals surface area contributed by atoms with Gasteiger partial charge in [0.05, 0.1) is 5.69 Å². The number of nitrogens with zero attached hydrogens (tertiary/aromatic N) is 2. The molecule has 2 aromatic rings. The number of hydrogen-bond acceptors (Lipinski definition) is 5. The van der Waals surface area contributed by atoms with Crippen molar-refractivity contribution in [2.75, 3.05) is 42.7 Å². The van der Waals surface area contributed by atoms with Crippen molar-refractivity contribution in [2.24, 2.45) is 5.92 Å². The monoisotopic (exact) mass is 492 g/mol. The number of thioether (sulfide) groups is 1. The average molecular weight is 493 g/mol. The quantitative estimate of drug-likeness (QED) is 0.478. The highest BCUT2D eigenvalue weighted by molar-refractivity contribution is 7.98. The first-order valence-corrected chi connectivity index (χ1v) is 13.6. The number of anilines is 2. The first kappa shape index (κ1) is 23.9. The Labute approximate surface area is 210 Å². The Morgan fingerprint density at radius 3 is 2.51 bits per heavy atom. The number of aryl methyl sites for hydroxylation is 1. The second kappa shape index (κ2) is 10.4. The van der Waals surface area contributed by atoms with Crippen molar-refractivity contribution in [1.82, 2.24) is 10.2 Å². The Morgan fingerprint density at radius 2 is 1.74 bits per heavy atom. The predicted molar refractivity (Wildman–Crippen MR) is 139 cm³/mol. The van der Waals surface area contributed by atoms with Crippen LogP contribution in [0.15, 0.2) is 41.3 Å². The Kier molecular flexibility index (Phi) is 7.11. The molecule has 0 radical (unpaired) electrons. The lowest BCUT2D eigenvalue weighted by Crippen LogP contribution is -2.41. The Morgan fingerprint density at radius 1 is 1.00 bits per heavy atom. The molecule has 1 fully saturated rings. The number of rotatable bonds is 6. The lowest BCUT2D eigenvalue weighted by atomic mass is 9.96. The van der Waals surface area contributed by atoms with Gasteiger partial charge in [-0.05, 0) is 85.8 Å². The maximum Gasteiger partial charge on any atom is 0.313 e. The Bertz CT molecular complexity index is 1140. The molecule has 0 saturated carbocycles. The fourth-order valence-corrected chi connectivity index (χ4v) is 6.07. The third-order valence-corrected chi connectivity index (χ3v) is 8.20. The maximum absolute atomic E-state index is 12.5. The van der Waals surface area contributed by atoms with E-state index in [0.717, 1.165) is 55.7 Å². The molecule has 5 rings (SSSR count). The molecule has 35 heavy (non-hydrogen) atoms. The van der Waals surface area contributed by atoms with Crippen LogP contribution in [-0.4, -0.2) is 55.1 Å². The highest BCUT2D eigenvalue weighted by atomic mass is 32.2. The fraction of sp³-hybridized carbons (Fsp3) is 0.444. The third kappa shape index (κ3) is 5.23. The zero-order chi connectivity index (χ0) is 24.4. The predicted octanol–water partition coefficient (Wildman–Crippen LogP) is 3.21. The normalized spacial score (nSPS) is 17.9. The number of carbonyl (C=O) groups is 3. The molecule has 2 N–H and O–H groups in total. The molecule has 3 amide bonds. The van der Waals surface area contributed by atoms with E-state index in [4.69, 9.17) is 0 Å². The zero-order valence-electron chi connectivity index (χ0n) is 20.1. The number of nitrogens with one attached hydrogen (secondary N) is 2. The zero-order valence-corrected chi connectivity index (χ0v) is 21.0. The highest BCUT2D eigenvalue weighted by Gasteiger charge is 2.31. The Balaban J connectivity index is 1.09. The number of piperidine rings is 1. The summed E-state index contributed by atoms with van der Waals surface area (Å²) in [6.45, 7) is 4.16. The topological polar surface area (TPSA) is 81.8 Å². The lowest BCUT2D eigenvalue weighted by molar-refractivity contribution is -0.136. The summed E-state index contributed by atoms with van der Waals surface area (Å²) in [5.41, 5.74) is 5.14. The van der Waals surface area contributed by atoms with Gasteiger partial charge in [0.2, 0.25) is 5.91 Å². The summed E-state index contributed by atoms with van der Waals surface area (Å²) in [6.07, 6.45) is 6.08. The van der Waals surface area contributed by atoms with Gasteiger partial charge in [-0.3, -0.25) is 19.3 Å². The molecule has 0 spiro atoms. The average Bonchev–Trinajstić information content (AvgIpc) is 3.31. The SMILES string of the molecule is CSc1ccccc1CN1CCC(CNC(=O)C(=O)Nc2cc3c4c(c2)CCN4C(=O)CC3)CC1. The lowest BCUT2D eigenvalue weighted by Gasteiger charge is -2.32. The number of amides is 3. The van der Waals surface area contributed by atoms with E-state index < -0.39 is 11.8 Å². The van der Waals surface area contributed by atoms with Gasteiger partial charge in [-0.25, -0.2) is 0 Å². The molecule has 7 nitrogen and oxygen atoms in total. The molecular weight excluding hydrogens is 460 g/mol. The molecule has 0 bridgehead atoms. The van der Waals surface area contributed by atoms with Crippen molar-refractivity contribution in [3.05, 3.63) is 53.1 Å². The van der Waals surface area contributed by atoms with Crippen molar-refractivity contribution >= 4 is 40.9 Å². The summed E-state index contributed by atoms with van der Waals surface area (Å²) < 4.78 is 0. The second-order valence-electron chi connectivity index (χ2n) is 9.63. The van der Waals surface area contributed by atoms with Crippen molar-refractivity contribution in [1.29, 1.82) is 0 Å². The minimum atomic E-state index is -0.634. The van der Waals surface area contributed by atoms with E-state index in [9.17, 15) is 14.4 Å². The van der Waals surface area contributed by atoms with Crippen LogP contribution >= 0.6 is 11.8 Å². The van der Waals surface area contributed by atoms with Crippen LogP contribution in [0.1, 0.15) is 36.0 Å². The van der Waals surface area contributed by atoms with E-state index in [2.05, 4.69) is 46.1 Å². The van der Waals surface area contributed by atoms with E-state index in [-0.39, 0.29) is 5.91 Å². The van der Waals surface area contributed by atoms with Crippen LogP contribution in [0.2, 0.25) is 0 Å². The largest absolute Gasteiger partial charge is 0.348 e. The van der Waals surface area contributed by atoms with Gasteiger partial charge >= 0.3 is 11.8 Å². The van der Waals surface area contributed by atoms with Crippen LogP contribution in [-0.2, 0) is 33.8 Å². The first-order chi connectivity index (χ1) is 17.0. The van der Waals surface area contributed by atoms with Crippen molar-refractivity contribution in [3.8, 4) is 0 Å².